The predicted octanol–water partition coefficient (Wildman–Crippen LogP) is 1.19. The van der Waals surface area contributed by atoms with Crippen LogP contribution in [0.5, 0.6) is 0 Å². The largest absolute Gasteiger partial charge is 0.439 e. The van der Waals surface area contributed by atoms with Crippen LogP contribution < -0.4 is 10.6 Å². The Labute approximate surface area is 96.7 Å². The first-order valence-electron chi connectivity index (χ1n) is 4.78. The van der Waals surface area contributed by atoms with Gasteiger partial charge in [0.05, 0.1) is 0 Å². The Hall–Kier alpha value is -1.47. The maximum absolute atomic E-state index is 11.7. The van der Waals surface area contributed by atoms with Crippen molar-refractivity contribution in [2.45, 2.75) is 32.5 Å². The quantitative estimate of drug-likeness (QED) is 0.797. The van der Waals surface area contributed by atoms with Gasteiger partial charge in [-0.1, -0.05) is 0 Å². The van der Waals surface area contributed by atoms with Crippen molar-refractivity contribution in [3.63, 3.8) is 0 Å². The van der Waals surface area contributed by atoms with E-state index < -0.39 is 36.9 Å². The number of alkyl halides is 3. The van der Waals surface area contributed by atoms with E-state index in [1.165, 1.54) is 0 Å². The van der Waals surface area contributed by atoms with Crippen molar-refractivity contribution in [1.29, 1.82) is 0 Å². The molecule has 0 saturated heterocycles. The van der Waals surface area contributed by atoms with Crippen molar-refractivity contribution < 1.29 is 27.5 Å². The van der Waals surface area contributed by atoms with Gasteiger partial charge in [0.2, 0.25) is 0 Å². The molecular weight excluding hydrogens is 241 g/mol. The number of rotatable bonds is 3. The molecule has 0 aliphatic carbocycles. The molecule has 0 spiro atoms. The molecule has 2 amide bonds. The molecule has 0 aromatic rings. The minimum absolute atomic E-state index is 0.542. The summed E-state index contributed by atoms with van der Waals surface area (Å²) in [6.45, 7) is 2.88. The zero-order valence-electron chi connectivity index (χ0n) is 9.77. The molecule has 0 bridgehead atoms. The molecule has 0 atom stereocenters. The molecule has 0 fully saturated rings. The Balaban J connectivity index is 3.82. The highest BCUT2D eigenvalue weighted by molar-refractivity contribution is 5.80. The van der Waals surface area contributed by atoms with Crippen LogP contribution in [0, 0.1) is 0 Å². The van der Waals surface area contributed by atoms with Crippen molar-refractivity contribution in [2.75, 3.05) is 13.2 Å². The third kappa shape index (κ3) is 10.8. The van der Waals surface area contributed by atoms with Crippen molar-refractivity contribution >= 4 is 12.0 Å². The average Bonchev–Trinajstić information content (AvgIpc) is 2.07. The fourth-order valence-electron chi connectivity index (χ4n) is 0.723. The molecule has 0 aliphatic heterocycles. The number of hydrogen-bond acceptors (Lipinski definition) is 3. The lowest BCUT2D eigenvalue weighted by molar-refractivity contribution is -0.140. The molecule has 2 N–H and O–H groups in total. The molecule has 5 nitrogen and oxygen atoms in total. The average molecular weight is 256 g/mol. The second-order valence-electron chi connectivity index (χ2n) is 4.34. The number of carbonyl (C=O) groups is 2. The number of carbonyl (C=O) groups excluding carboxylic acids is 2. The summed E-state index contributed by atoms with van der Waals surface area (Å²) in [7, 11) is 0. The Morgan fingerprint density at radius 1 is 1.18 bits per heavy atom. The molecule has 0 aromatic heterocycles. The van der Waals surface area contributed by atoms with Crippen LogP contribution in [0.1, 0.15) is 20.8 Å². The Morgan fingerprint density at radius 3 is 2.12 bits per heavy atom. The van der Waals surface area contributed by atoms with Crippen molar-refractivity contribution in [3.05, 3.63) is 0 Å². The molecular formula is C9H15F3N2O3. The fourth-order valence-corrected chi connectivity index (χ4v) is 0.723. The smallest absolute Gasteiger partial charge is 0.408 e. The Kier molecular flexibility index (Phi) is 5.24. The molecule has 0 heterocycles. The second-order valence-corrected chi connectivity index (χ2v) is 4.34. The van der Waals surface area contributed by atoms with Crippen molar-refractivity contribution in [3.8, 4) is 0 Å². The Morgan fingerprint density at radius 2 is 1.71 bits per heavy atom. The zero-order chi connectivity index (χ0) is 13.7. The van der Waals surface area contributed by atoms with E-state index in [1.54, 1.807) is 26.1 Å². The summed E-state index contributed by atoms with van der Waals surface area (Å²) in [6, 6.07) is 0. The van der Waals surface area contributed by atoms with E-state index in [2.05, 4.69) is 10.1 Å². The molecule has 0 saturated carbocycles. The highest BCUT2D eigenvalue weighted by Gasteiger charge is 2.27. The van der Waals surface area contributed by atoms with Gasteiger partial charge >= 0.3 is 12.3 Å². The number of alkyl carbamates (subject to hydrolysis) is 1. The highest BCUT2D eigenvalue weighted by atomic mass is 19.4. The lowest BCUT2D eigenvalue weighted by Crippen LogP contribution is -2.43. The molecule has 0 unspecified atom stereocenters. The van der Waals surface area contributed by atoms with Crippen LogP contribution in [0.15, 0.2) is 0 Å². The lowest BCUT2D eigenvalue weighted by Gasteiger charge is -2.19. The summed E-state index contributed by atoms with van der Waals surface area (Å²) in [5, 5.41) is 3.96. The molecule has 8 heteroatoms. The van der Waals surface area contributed by atoms with E-state index in [1.807, 2.05) is 0 Å². The number of hydrogen-bond donors (Lipinski definition) is 2. The SMILES string of the molecule is CC(C)(C)NC(=O)OCC(=O)NCC(F)(F)F. The molecule has 17 heavy (non-hydrogen) atoms. The second kappa shape index (κ2) is 5.74. The van der Waals surface area contributed by atoms with Crippen LogP contribution >= 0.6 is 0 Å². The topological polar surface area (TPSA) is 67.4 Å². The fraction of sp³-hybridized carbons (Fsp3) is 0.778. The minimum atomic E-state index is -4.48. The van der Waals surface area contributed by atoms with E-state index in [0.717, 1.165) is 0 Å². The van der Waals surface area contributed by atoms with Crippen LogP contribution in [0.2, 0.25) is 0 Å². The van der Waals surface area contributed by atoms with Gasteiger partial charge in [-0.25, -0.2) is 4.79 Å². The summed E-state index contributed by atoms with van der Waals surface area (Å²) >= 11 is 0. The zero-order valence-corrected chi connectivity index (χ0v) is 9.77. The van der Waals surface area contributed by atoms with Gasteiger partial charge in [-0.2, -0.15) is 13.2 Å². The van der Waals surface area contributed by atoms with Crippen LogP contribution in [-0.4, -0.2) is 36.9 Å². The van der Waals surface area contributed by atoms with Gasteiger partial charge in [0.25, 0.3) is 5.91 Å². The van der Waals surface area contributed by atoms with Crippen molar-refractivity contribution in [1.82, 2.24) is 10.6 Å². The standard InChI is InChI=1S/C9H15F3N2O3/c1-8(2,3)14-7(16)17-4-6(15)13-5-9(10,11)12/h4-5H2,1-3H3,(H,13,15)(H,14,16). The lowest BCUT2D eigenvalue weighted by atomic mass is 10.1. The normalized spacial score (nSPS) is 11.9. The monoisotopic (exact) mass is 256 g/mol. The first-order chi connectivity index (χ1) is 7.49. The van der Waals surface area contributed by atoms with Crippen molar-refractivity contribution in [2.24, 2.45) is 0 Å². The molecule has 0 aromatic carbocycles. The summed E-state index contributed by atoms with van der Waals surface area (Å²) in [5.74, 6) is -1.01. The van der Waals surface area contributed by atoms with Gasteiger partial charge in [0.15, 0.2) is 6.61 Å². The Bertz CT molecular complexity index is 284. The third-order valence-corrected chi connectivity index (χ3v) is 1.30. The molecule has 0 aliphatic rings. The summed E-state index contributed by atoms with van der Waals surface area (Å²) < 4.78 is 39.5. The van der Waals surface area contributed by atoms with Gasteiger partial charge in [-0.3, -0.25) is 4.79 Å². The highest BCUT2D eigenvalue weighted by Crippen LogP contribution is 2.11. The van der Waals surface area contributed by atoms with Gasteiger partial charge < -0.3 is 15.4 Å². The number of nitrogens with one attached hydrogen (secondary N) is 2. The summed E-state index contributed by atoms with van der Waals surface area (Å²) in [4.78, 5) is 21.9. The van der Waals surface area contributed by atoms with E-state index in [4.69, 9.17) is 0 Å². The first kappa shape index (κ1) is 15.5. The van der Waals surface area contributed by atoms with E-state index >= 15 is 0 Å². The van der Waals surface area contributed by atoms with Crippen LogP contribution in [-0.2, 0) is 9.53 Å². The van der Waals surface area contributed by atoms with Crippen LogP contribution in [0.3, 0.4) is 0 Å². The minimum Gasteiger partial charge on any atom is -0.439 e. The number of ether oxygens (including phenoxy) is 1. The van der Waals surface area contributed by atoms with Gasteiger partial charge in [-0.15, -0.1) is 0 Å². The number of amides is 2. The van der Waals surface area contributed by atoms with Gasteiger partial charge in [0.1, 0.15) is 6.54 Å². The number of halogens is 3. The van der Waals surface area contributed by atoms with Gasteiger partial charge in [-0.05, 0) is 20.8 Å². The van der Waals surface area contributed by atoms with Gasteiger partial charge in [0, 0.05) is 5.54 Å². The summed E-state index contributed by atoms with van der Waals surface area (Å²) in [6.07, 6.45) is -5.34. The first-order valence-corrected chi connectivity index (χ1v) is 4.78. The maximum atomic E-state index is 11.7. The predicted molar refractivity (Wildman–Crippen MR) is 53.3 cm³/mol. The van der Waals surface area contributed by atoms with Crippen LogP contribution in [0.4, 0.5) is 18.0 Å². The third-order valence-electron chi connectivity index (χ3n) is 1.30. The van der Waals surface area contributed by atoms with E-state index in [9.17, 15) is 22.8 Å². The molecule has 100 valence electrons. The van der Waals surface area contributed by atoms with Crippen LogP contribution in [0.25, 0.3) is 0 Å². The summed E-state index contributed by atoms with van der Waals surface area (Å²) in [5.41, 5.74) is -0.542. The molecule has 0 radical (unpaired) electrons. The van der Waals surface area contributed by atoms with E-state index in [0.29, 0.717) is 0 Å². The maximum Gasteiger partial charge on any atom is 0.408 e. The molecule has 0 rings (SSSR count). The van der Waals surface area contributed by atoms with E-state index in [-0.39, 0.29) is 0 Å².